The zero-order valence-corrected chi connectivity index (χ0v) is 19.0. The normalized spacial score (nSPS) is 21.4. The minimum absolute atomic E-state index is 0.0673. The summed E-state index contributed by atoms with van der Waals surface area (Å²) in [6, 6.07) is 9.17. The van der Waals surface area contributed by atoms with Gasteiger partial charge in [0, 0.05) is 17.3 Å². The fraction of sp³-hybridized carbons (Fsp3) is 0.333. The number of methoxy groups -OCH3 is 1. The summed E-state index contributed by atoms with van der Waals surface area (Å²) in [7, 11) is 1.24. The third kappa shape index (κ3) is 3.91. The van der Waals surface area contributed by atoms with Gasteiger partial charge in [-0.05, 0) is 43.0 Å². The van der Waals surface area contributed by atoms with Crippen LogP contribution in [0.4, 0.5) is 17.1 Å². The predicted molar refractivity (Wildman–Crippen MR) is 124 cm³/mol. The number of phenols is 1. The fourth-order valence-electron chi connectivity index (χ4n) is 4.57. The van der Waals surface area contributed by atoms with Gasteiger partial charge in [0.25, 0.3) is 0 Å². The lowest BCUT2D eigenvalue weighted by Crippen LogP contribution is -2.39. The maximum atomic E-state index is 13.7. The van der Waals surface area contributed by atoms with Crippen molar-refractivity contribution < 1.29 is 29.1 Å². The molecule has 0 unspecified atom stereocenters. The first-order valence-corrected chi connectivity index (χ1v) is 10.9. The number of ketones is 1. The van der Waals surface area contributed by atoms with Crippen molar-refractivity contribution in [3.63, 3.8) is 0 Å². The third-order valence-corrected chi connectivity index (χ3v) is 6.13. The molecule has 1 heterocycles. The van der Waals surface area contributed by atoms with E-state index in [1.807, 2.05) is 31.2 Å². The number of Topliss-reactive ketones (excluding diaryl/α,β-unsaturated/α-hetero) is 1. The molecule has 1 aliphatic carbocycles. The molecule has 0 fully saturated rings. The molecule has 10 heteroatoms. The summed E-state index contributed by atoms with van der Waals surface area (Å²) in [6.07, 6.45) is 0.395. The first kappa shape index (κ1) is 23.1. The summed E-state index contributed by atoms with van der Waals surface area (Å²) < 4.78 is 10.3. The highest BCUT2D eigenvalue weighted by Gasteiger charge is 2.44. The lowest BCUT2D eigenvalue weighted by atomic mass is 9.74. The van der Waals surface area contributed by atoms with E-state index in [0.717, 1.165) is 5.69 Å². The summed E-state index contributed by atoms with van der Waals surface area (Å²) in [4.78, 5) is 37.1. The minimum atomic E-state index is -1.01. The number of carbonyl (C=O) groups excluding carboxylic acids is 2. The zero-order chi connectivity index (χ0) is 24.6. The fourth-order valence-corrected chi connectivity index (χ4v) is 4.57. The number of phenolic OH excluding ortho intramolecular Hbond substituents is 1. The highest BCUT2D eigenvalue weighted by molar-refractivity contribution is 6.11. The van der Waals surface area contributed by atoms with E-state index in [1.165, 1.54) is 19.2 Å². The summed E-state index contributed by atoms with van der Waals surface area (Å²) in [6.45, 7) is 3.67. The van der Waals surface area contributed by atoms with E-state index in [-0.39, 0.29) is 23.8 Å². The number of nitro groups is 1. The molecular weight excluding hydrogens is 442 g/mol. The number of hydrogen-bond donors (Lipinski definition) is 3. The molecule has 0 saturated carbocycles. The van der Waals surface area contributed by atoms with Crippen molar-refractivity contribution in [3.05, 3.63) is 63.3 Å². The number of ether oxygens (including phenoxy) is 2. The number of para-hydroxylation sites is 2. The Bertz CT molecular complexity index is 1210. The van der Waals surface area contributed by atoms with Crippen LogP contribution in [0.2, 0.25) is 0 Å². The van der Waals surface area contributed by atoms with Crippen LogP contribution < -0.4 is 15.4 Å². The van der Waals surface area contributed by atoms with Crippen molar-refractivity contribution in [2.45, 2.75) is 26.3 Å². The molecule has 4 rings (SSSR count). The average Bonchev–Trinajstić information content (AvgIpc) is 2.96. The number of esters is 1. The van der Waals surface area contributed by atoms with E-state index in [2.05, 4.69) is 10.6 Å². The van der Waals surface area contributed by atoms with Crippen molar-refractivity contribution in [3.8, 4) is 11.5 Å². The van der Waals surface area contributed by atoms with Gasteiger partial charge >= 0.3 is 11.7 Å². The van der Waals surface area contributed by atoms with Crippen molar-refractivity contribution >= 4 is 28.8 Å². The quantitative estimate of drug-likeness (QED) is 0.258. The highest BCUT2D eigenvalue weighted by Crippen LogP contribution is 2.46. The second-order valence-electron chi connectivity index (χ2n) is 8.26. The summed E-state index contributed by atoms with van der Waals surface area (Å²) in [5, 5.41) is 28.6. The second-order valence-corrected chi connectivity index (χ2v) is 8.26. The Hall–Kier alpha value is -4.08. The Morgan fingerprint density at radius 3 is 2.62 bits per heavy atom. The number of fused-ring (bicyclic) bond motifs is 1. The monoisotopic (exact) mass is 467 g/mol. The number of anilines is 2. The van der Waals surface area contributed by atoms with E-state index in [1.54, 1.807) is 6.92 Å². The van der Waals surface area contributed by atoms with Crippen LogP contribution in [0.1, 0.15) is 31.9 Å². The van der Waals surface area contributed by atoms with Gasteiger partial charge in [-0.15, -0.1) is 0 Å². The van der Waals surface area contributed by atoms with Crippen LogP contribution in [-0.4, -0.2) is 35.5 Å². The number of nitrogens with zero attached hydrogens (tertiary/aromatic N) is 1. The number of hydrogen-bond acceptors (Lipinski definition) is 9. The van der Waals surface area contributed by atoms with Gasteiger partial charge in [-0.25, -0.2) is 0 Å². The molecular formula is C24H25N3O7. The number of allylic oxidation sites excluding steroid dienone is 1. The Morgan fingerprint density at radius 1 is 1.26 bits per heavy atom. The van der Waals surface area contributed by atoms with Crippen molar-refractivity contribution in [1.82, 2.24) is 0 Å². The van der Waals surface area contributed by atoms with Crippen LogP contribution in [0.5, 0.6) is 11.5 Å². The molecule has 0 saturated heterocycles. The lowest BCUT2D eigenvalue weighted by Gasteiger charge is -2.32. The summed E-state index contributed by atoms with van der Waals surface area (Å²) in [5.74, 6) is -3.03. The van der Waals surface area contributed by atoms with E-state index in [9.17, 15) is 24.8 Å². The molecule has 2 aromatic carbocycles. The van der Waals surface area contributed by atoms with Gasteiger partial charge in [-0.1, -0.05) is 19.1 Å². The molecule has 2 aromatic rings. The molecule has 34 heavy (non-hydrogen) atoms. The van der Waals surface area contributed by atoms with Gasteiger partial charge in [-0.2, -0.15) is 0 Å². The van der Waals surface area contributed by atoms with Gasteiger partial charge < -0.3 is 25.2 Å². The van der Waals surface area contributed by atoms with Gasteiger partial charge in [0.15, 0.2) is 11.5 Å². The van der Waals surface area contributed by atoms with Crippen LogP contribution in [0, 0.1) is 22.0 Å². The van der Waals surface area contributed by atoms with Crippen molar-refractivity contribution in [2.24, 2.45) is 11.8 Å². The number of nitro benzene ring substituents is 1. The zero-order valence-electron chi connectivity index (χ0n) is 19.0. The molecule has 2 aliphatic rings. The average molecular weight is 467 g/mol. The van der Waals surface area contributed by atoms with E-state index in [4.69, 9.17) is 9.47 Å². The van der Waals surface area contributed by atoms with Crippen LogP contribution in [-0.2, 0) is 14.3 Å². The van der Waals surface area contributed by atoms with Gasteiger partial charge in [-0.3, -0.25) is 19.7 Å². The topological polar surface area (TPSA) is 140 Å². The van der Waals surface area contributed by atoms with Crippen molar-refractivity contribution in [2.75, 3.05) is 24.4 Å². The predicted octanol–water partition coefficient (Wildman–Crippen LogP) is 3.93. The molecule has 178 valence electrons. The SMILES string of the molecule is CCOc1cc([C@@H]2Nc3ccccc3NC3=C2C(=O)[C@H](C(=O)OC)[C@@H](C)C3)cc([N+](=O)[O-])c1O. The number of aromatic hydroxyl groups is 1. The van der Waals surface area contributed by atoms with Crippen LogP contribution in [0.3, 0.4) is 0 Å². The van der Waals surface area contributed by atoms with Crippen molar-refractivity contribution in [1.29, 1.82) is 0 Å². The van der Waals surface area contributed by atoms with Crippen LogP contribution in [0.15, 0.2) is 47.7 Å². The maximum absolute atomic E-state index is 13.7. The largest absolute Gasteiger partial charge is 0.500 e. The Morgan fingerprint density at radius 2 is 1.97 bits per heavy atom. The van der Waals surface area contributed by atoms with Gasteiger partial charge in [0.2, 0.25) is 5.75 Å². The number of nitrogens with one attached hydrogen (secondary N) is 2. The van der Waals surface area contributed by atoms with E-state index >= 15 is 0 Å². The Kier molecular flexibility index (Phi) is 6.14. The summed E-state index contributed by atoms with van der Waals surface area (Å²) in [5.41, 5.74) is 2.10. The first-order chi connectivity index (χ1) is 16.3. The lowest BCUT2D eigenvalue weighted by molar-refractivity contribution is -0.386. The Labute approximate surface area is 195 Å². The molecule has 10 nitrogen and oxygen atoms in total. The first-order valence-electron chi connectivity index (χ1n) is 10.9. The third-order valence-electron chi connectivity index (χ3n) is 6.13. The molecule has 0 bridgehead atoms. The van der Waals surface area contributed by atoms with Crippen LogP contribution in [0.25, 0.3) is 0 Å². The molecule has 0 radical (unpaired) electrons. The molecule has 0 amide bonds. The molecule has 3 N–H and O–H groups in total. The van der Waals surface area contributed by atoms with E-state index < -0.39 is 40.1 Å². The standard InChI is InChI=1S/C24H25N3O7/c1-4-34-18-11-13(10-17(22(18)28)27(31)32)21-20-16(25-14-7-5-6-8-15(14)26-21)9-12(2)19(23(20)29)24(30)33-3/h5-8,10-12,19,21,25-26,28H,4,9H2,1-3H3/t12-,19+,21-/m0/s1. The number of rotatable bonds is 5. The van der Waals surface area contributed by atoms with E-state index in [0.29, 0.717) is 23.4 Å². The summed E-state index contributed by atoms with van der Waals surface area (Å²) >= 11 is 0. The van der Waals surface area contributed by atoms with Gasteiger partial charge in [0.1, 0.15) is 5.92 Å². The minimum Gasteiger partial charge on any atom is -0.500 e. The Balaban J connectivity index is 1.94. The van der Waals surface area contributed by atoms with Gasteiger partial charge in [0.05, 0.1) is 36.1 Å². The maximum Gasteiger partial charge on any atom is 0.316 e. The number of benzene rings is 2. The van der Waals surface area contributed by atoms with Crippen LogP contribution >= 0.6 is 0 Å². The molecule has 3 atom stereocenters. The molecule has 0 aromatic heterocycles. The highest BCUT2D eigenvalue weighted by atomic mass is 16.6. The smallest absolute Gasteiger partial charge is 0.316 e. The number of carbonyl (C=O) groups is 2. The molecule has 1 aliphatic heterocycles. The second kappa shape index (κ2) is 9.05. The molecule has 0 spiro atoms.